The van der Waals surface area contributed by atoms with Crippen molar-refractivity contribution in [2.75, 3.05) is 39.6 Å². The van der Waals surface area contributed by atoms with E-state index >= 15 is 0 Å². The number of rotatable bonds is 70. The van der Waals surface area contributed by atoms with E-state index in [0.29, 0.717) is 31.6 Å². The Hall–Kier alpha value is -1.94. The summed E-state index contributed by atoms with van der Waals surface area (Å²) in [5.74, 6) is 0.875. The van der Waals surface area contributed by atoms with Gasteiger partial charge in [0.15, 0.2) is 12.2 Å². The normalized spacial score (nSPS) is 14.5. The summed E-state index contributed by atoms with van der Waals surface area (Å²) in [5, 5.41) is 10.6. The average molecular weight is 1350 g/mol. The van der Waals surface area contributed by atoms with Crippen molar-refractivity contribution in [2.24, 2.45) is 23.7 Å². The van der Waals surface area contributed by atoms with Gasteiger partial charge in [-0.3, -0.25) is 37.3 Å². The molecule has 0 aromatic rings. The number of hydrogen-bond donors (Lipinski definition) is 3. The van der Waals surface area contributed by atoms with Crippen molar-refractivity contribution in [3.05, 3.63) is 0 Å². The minimum Gasteiger partial charge on any atom is -0.462 e. The molecule has 6 atom stereocenters. The Morgan fingerprint density at radius 3 is 0.772 bits per heavy atom. The molecule has 0 fully saturated rings. The fraction of sp³-hybridized carbons (Fsp3) is 0.945. The number of unbranched alkanes of at least 4 members (excludes halogenated alkanes) is 35. The van der Waals surface area contributed by atoms with Gasteiger partial charge in [0.05, 0.1) is 26.4 Å². The summed E-state index contributed by atoms with van der Waals surface area (Å²) < 4.78 is 68.4. The Morgan fingerprint density at radius 1 is 0.304 bits per heavy atom. The quantitative estimate of drug-likeness (QED) is 0.0222. The third-order valence-corrected chi connectivity index (χ3v) is 19.1. The molecular formula is C73H142O17P2. The van der Waals surface area contributed by atoms with Crippen molar-refractivity contribution < 1.29 is 80.2 Å². The minimum absolute atomic E-state index is 0.104. The monoisotopic (exact) mass is 1350 g/mol. The zero-order valence-corrected chi connectivity index (χ0v) is 62.0. The first-order chi connectivity index (χ1) is 44.1. The van der Waals surface area contributed by atoms with E-state index in [0.717, 1.165) is 114 Å². The van der Waals surface area contributed by atoms with E-state index in [1.807, 2.05) is 0 Å². The first-order valence-corrected chi connectivity index (χ1v) is 40.7. The summed E-state index contributed by atoms with van der Waals surface area (Å²) in [5.41, 5.74) is 0. The molecule has 0 bridgehead atoms. The number of phosphoric ester groups is 2. The summed E-state index contributed by atoms with van der Waals surface area (Å²) in [7, 11) is -9.91. The zero-order valence-electron chi connectivity index (χ0n) is 60.2. The molecule has 0 aliphatic carbocycles. The van der Waals surface area contributed by atoms with Crippen LogP contribution in [0.3, 0.4) is 0 Å². The molecular weight excluding hydrogens is 1210 g/mol. The van der Waals surface area contributed by atoms with E-state index in [-0.39, 0.29) is 25.7 Å². The summed E-state index contributed by atoms with van der Waals surface area (Å²) in [4.78, 5) is 72.6. The van der Waals surface area contributed by atoms with Gasteiger partial charge in [0.2, 0.25) is 0 Å². The largest absolute Gasteiger partial charge is 0.472 e. The number of ether oxygens (including phenoxy) is 4. The van der Waals surface area contributed by atoms with Crippen molar-refractivity contribution in [1.29, 1.82) is 0 Å². The second-order valence-corrected chi connectivity index (χ2v) is 30.9. The third-order valence-electron chi connectivity index (χ3n) is 17.2. The van der Waals surface area contributed by atoms with Gasteiger partial charge in [-0.15, -0.1) is 0 Å². The standard InChI is InChI=1S/C73H142O17P2/c1-9-66(8)52-44-36-27-23-24-28-37-45-53-70(75)83-59-68(89-72(77)55-47-39-29-21-17-15-13-11-10-12-14-16-19-25-33-41-49-63(2)3)61-87-91(79,80)85-57-67(74)58-86-92(81,82)88-62-69(60-84-71(76)54-46-38-32-31-35-43-51-65(6)7)90-73(78)56-48-40-30-22-18-20-26-34-42-50-64(4)5/h63-69,74H,9-62H2,1-8H3,(H,79,80)(H,81,82)/t66?,67-,68-,69-/m1/s1. The Morgan fingerprint density at radius 2 is 0.522 bits per heavy atom. The van der Waals surface area contributed by atoms with Crippen LogP contribution in [0.2, 0.25) is 0 Å². The van der Waals surface area contributed by atoms with Crippen LogP contribution in [-0.4, -0.2) is 96.7 Å². The van der Waals surface area contributed by atoms with Crippen LogP contribution in [0.5, 0.6) is 0 Å². The van der Waals surface area contributed by atoms with Crippen molar-refractivity contribution in [1.82, 2.24) is 0 Å². The van der Waals surface area contributed by atoms with Gasteiger partial charge >= 0.3 is 39.5 Å². The van der Waals surface area contributed by atoms with Crippen molar-refractivity contribution >= 4 is 39.5 Å². The summed E-state index contributed by atoms with van der Waals surface area (Å²) in [6.07, 6.45) is 46.0. The number of hydrogen-bond acceptors (Lipinski definition) is 15. The van der Waals surface area contributed by atoms with Crippen LogP contribution in [0.25, 0.3) is 0 Å². The molecule has 0 heterocycles. The molecule has 0 aromatic carbocycles. The molecule has 19 heteroatoms. The van der Waals surface area contributed by atoms with Crippen LogP contribution >= 0.6 is 15.6 Å². The predicted octanol–water partition coefficient (Wildman–Crippen LogP) is 20.9. The highest BCUT2D eigenvalue weighted by atomic mass is 31.2. The van der Waals surface area contributed by atoms with Gasteiger partial charge in [0.1, 0.15) is 19.3 Å². The topological polar surface area (TPSA) is 237 Å². The number of carbonyl (C=O) groups excluding carboxylic acids is 4. The highest BCUT2D eigenvalue weighted by molar-refractivity contribution is 7.47. The van der Waals surface area contributed by atoms with Gasteiger partial charge in [-0.1, -0.05) is 312 Å². The van der Waals surface area contributed by atoms with Gasteiger partial charge < -0.3 is 33.8 Å². The lowest BCUT2D eigenvalue weighted by Crippen LogP contribution is -2.30. The molecule has 17 nitrogen and oxygen atoms in total. The lowest BCUT2D eigenvalue weighted by atomic mass is 9.99. The van der Waals surface area contributed by atoms with E-state index in [2.05, 4.69) is 55.4 Å². The molecule has 0 spiro atoms. The first kappa shape index (κ1) is 90.1. The van der Waals surface area contributed by atoms with E-state index in [1.165, 1.54) is 161 Å². The first-order valence-electron chi connectivity index (χ1n) is 37.7. The van der Waals surface area contributed by atoms with E-state index in [9.17, 15) is 43.2 Å². The molecule has 0 rings (SSSR count). The van der Waals surface area contributed by atoms with Gasteiger partial charge in [-0.2, -0.15) is 0 Å². The summed E-state index contributed by atoms with van der Waals surface area (Å²) >= 11 is 0. The number of carbonyl (C=O) groups is 4. The van der Waals surface area contributed by atoms with E-state index in [4.69, 9.17) is 37.0 Å². The Kier molecular flexibility index (Phi) is 61.3. The third kappa shape index (κ3) is 65.4. The molecule has 0 aliphatic heterocycles. The van der Waals surface area contributed by atoms with Crippen LogP contribution < -0.4 is 0 Å². The Balaban J connectivity index is 5.22. The number of aliphatic hydroxyl groups is 1. The zero-order chi connectivity index (χ0) is 68.2. The van der Waals surface area contributed by atoms with Crippen molar-refractivity contribution in [2.45, 2.75) is 382 Å². The highest BCUT2D eigenvalue weighted by Crippen LogP contribution is 2.45. The van der Waals surface area contributed by atoms with Crippen LogP contribution in [0.15, 0.2) is 0 Å². The summed E-state index contributed by atoms with van der Waals surface area (Å²) in [6.45, 7) is 14.1. The summed E-state index contributed by atoms with van der Waals surface area (Å²) in [6, 6.07) is 0. The molecule has 546 valence electrons. The molecule has 0 aromatic heterocycles. The molecule has 0 saturated carbocycles. The molecule has 0 aliphatic rings. The van der Waals surface area contributed by atoms with Crippen LogP contribution in [0.4, 0.5) is 0 Å². The molecule has 0 amide bonds. The second kappa shape index (κ2) is 62.6. The van der Waals surface area contributed by atoms with E-state index < -0.39 is 97.5 Å². The smallest absolute Gasteiger partial charge is 0.462 e. The number of aliphatic hydroxyl groups excluding tert-OH is 1. The van der Waals surface area contributed by atoms with Gasteiger partial charge in [-0.25, -0.2) is 9.13 Å². The number of esters is 4. The van der Waals surface area contributed by atoms with Gasteiger partial charge in [-0.05, 0) is 49.4 Å². The molecule has 0 saturated heterocycles. The lowest BCUT2D eigenvalue weighted by molar-refractivity contribution is -0.161. The fourth-order valence-electron chi connectivity index (χ4n) is 11.0. The van der Waals surface area contributed by atoms with Crippen LogP contribution in [0.1, 0.15) is 364 Å². The maximum Gasteiger partial charge on any atom is 0.472 e. The number of phosphoric acid groups is 2. The van der Waals surface area contributed by atoms with Gasteiger partial charge in [0.25, 0.3) is 0 Å². The van der Waals surface area contributed by atoms with Crippen molar-refractivity contribution in [3.8, 4) is 0 Å². The lowest BCUT2D eigenvalue weighted by Gasteiger charge is -2.21. The second-order valence-electron chi connectivity index (χ2n) is 28.0. The molecule has 0 radical (unpaired) electrons. The highest BCUT2D eigenvalue weighted by Gasteiger charge is 2.30. The predicted molar refractivity (Wildman–Crippen MR) is 372 cm³/mol. The molecule has 3 N–H and O–H groups in total. The van der Waals surface area contributed by atoms with E-state index in [1.54, 1.807) is 0 Å². The Bertz CT molecular complexity index is 1820. The Labute approximate surface area is 562 Å². The SMILES string of the molecule is CCC(C)CCCCCCCCCCC(=O)OC[C@H](COP(=O)(O)OC[C@@H](O)COP(=O)(O)OC[C@@H](COC(=O)CCCCCCCCC(C)C)OC(=O)CCCCCCCCCCCC(C)C)OC(=O)CCCCCCCCCCCCCCCCCCC(C)C. The van der Waals surface area contributed by atoms with Gasteiger partial charge in [0, 0.05) is 25.7 Å². The molecule has 3 unspecified atom stereocenters. The minimum atomic E-state index is -4.96. The maximum atomic E-state index is 13.1. The molecule has 92 heavy (non-hydrogen) atoms. The van der Waals surface area contributed by atoms with Crippen molar-refractivity contribution in [3.63, 3.8) is 0 Å². The van der Waals surface area contributed by atoms with Crippen LogP contribution in [-0.2, 0) is 65.4 Å². The maximum absolute atomic E-state index is 13.1. The van der Waals surface area contributed by atoms with Crippen LogP contribution in [0, 0.1) is 23.7 Å². The fourth-order valence-corrected chi connectivity index (χ4v) is 12.6. The average Bonchev–Trinajstić information content (AvgIpc) is 2.10.